The van der Waals surface area contributed by atoms with Crippen molar-refractivity contribution in [3.05, 3.63) is 47.3 Å². The number of benzene rings is 1. The summed E-state index contributed by atoms with van der Waals surface area (Å²) in [5, 5.41) is 0. The summed E-state index contributed by atoms with van der Waals surface area (Å²) in [5.74, 6) is -13.4. The molecule has 9 nitrogen and oxygen atoms in total. The Kier molecular flexibility index (Phi) is 24.6. The van der Waals surface area contributed by atoms with E-state index in [4.69, 9.17) is 28.4 Å². The molecule has 0 radical (unpaired) electrons. The number of carbonyl (C=O) groups excluding carboxylic acids is 1. The summed E-state index contributed by atoms with van der Waals surface area (Å²) in [6.07, 6.45) is 11.8. The number of ether oxygens (including phenoxy) is 6. The molecule has 0 saturated carbocycles. The molecule has 0 heterocycles. The van der Waals surface area contributed by atoms with Gasteiger partial charge in [-0.05, 0) is 19.3 Å². The van der Waals surface area contributed by atoms with Gasteiger partial charge < -0.3 is 28.4 Å². The lowest BCUT2D eigenvalue weighted by Crippen LogP contribution is -2.17. The fourth-order valence-corrected chi connectivity index (χ4v) is 3.59. The Hall–Kier alpha value is -2.20. The van der Waals surface area contributed by atoms with Gasteiger partial charge in [-0.25, -0.2) is 26.7 Å². The van der Waals surface area contributed by atoms with E-state index in [1.54, 1.807) is 0 Å². The number of hydrogen-bond donors (Lipinski definition) is 0. The summed E-state index contributed by atoms with van der Waals surface area (Å²) in [7, 11) is 0. The summed E-state index contributed by atoms with van der Waals surface area (Å²) >= 11 is 0. The van der Waals surface area contributed by atoms with Crippen LogP contribution in [0.1, 0.15) is 61.7 Å². The van der Waals surface area contributed by atoms with Crippen LogP contribution in [-0.2, 0) is 38.2 Å². The number of allylic oxidation sites excluding steroid dienone is 1. The maximum atomic E-state index is 13.5. The SMILES string of the molecule is C=CCCCCCCCCCOCCOCCOCCOCCOCCOCCOOC(=O)c1c(F)c(F)c(F)c(F)c1F. The molecule has 1 rings (SSSR count). The molecular weight excluding hydrogens is 599 g/mol. The fraction of sp³-hybridized carbons (Fsp3) is 0.700. The number of rotatable bonds is 30. The van der Waals surface area contributed by atoms with E-state index in [1.165, 1.54) is 38.5 Å². The van der Waals surface area contributed by atoms with Crippen LogP contribution < -0.4 is 0 Å². The van der Waals surface area contributed by atoms with Gasteiger partial charge in [0.15, 0.2) is 23.3 Å². The average Bonchev–Trinajstić information content (AvgIpc) is 3.02. The first-order valence-electron chi connectivity index (χ1n) is 14.8. The Bertz CT molecular complexity index is 879. The highest BCUT2D eigenvalue weighted by atomic mass is 19.2. The van der Waals surface area contributed by atoms with Crippen molar-refractivity contribution in [3.63, 3.8) is 0 Å². The maximum absolute atomic E-state index is 13.5. The maximum Gasteiger partial charge on any atom is 0.379 e. The second-order valence-corrected chi connectivity index (χ2v) is 9.36. The molecular formula is C30H45F5O9. The lowest BCUT2D eigenvalue weighted by molar-refractivity contribution is -0.247. The molecule has 0 spiro atoms. The topological polar surface area (TPSA) is 90.9 Å². The van der Waals surface area contributed by atoms with Gasteiger partial charge in [-0.2, -0.15) is 4.89 Å². The number of unbranched alkanes of at least 4 members (excludes halogenated alkanes) is 7. The van der Waals surface area contributed by atoms with Crippen molar-refractivity contribution in [1.29, 1.82) is 0 Å². The lowest BCUT2D eigenvalue weighted by atomic mass is 10.1. The van der Waals surface area contributed by atoms with Gasteiger partial charge in [0, 0.05) is 6.61 Å². The molecule has 14 heteroatoms. The van der Waals surface area contributed by atoms with Gasteiger partial charge in [-0.1, -0.05) is 38.2 Å². The second kappa shape index (κ2) is 27.1. The monoisotopic (exact) mass is 644 g/mol. The van der Waals surface area contributed by atoms with Gasteiger partial charge in [-0.3, -0.25) is 4.89 Å². The zero-order valence-electron chi connectivity index (χ0n) is 25.2. The van der Waals surface area contributed by atoms with E-state index in [2.05, 4.69) is 16.4 Å². The van der Waals surface area contributed by atoms with Gasteiger partial charge in [0.25, 0.3) is 0 Å². The van der Waals surface area contributed by atoms with Crippen LogP contribution in [-0.4, -0.2) is 91.9 Å². The van der Waals surface area contributed by atoms with E-state index in [-0.39, 0.29) is 26.4 Å². The molecule has 0 unspecified atom stereocenters. The van der Waals surface area contributed by atoms with Crippen LogP contribution in [0.25, 0.3) is 0 Å². The molecule has 44 heavy (non-hydrogen) atoms. The quantitative estimate of drug-likeness (QED) is 0.0194. The van der Waals surface area contributed by atoms with E-state index in [1.807, 2.05) is 6.08 Å². The number of halogens is 5. The zero-order valence-corrected chi connectivity index (χ0v) is 25.2. The minimum atomic E-state index is -2.39. The standard InChI is InChI=1S/C30H45F5O9/c1-2-3-4-5-6-7-8-9-10-11-37-12-13-38-14-15-39-16-17-40-18-19-41-20-21-42-22-23-43-44-30(36)24-25(31)27(33)29(35)28(34)26(24)32/h2H,1,3-23H2. The van der Waals surface area contributed by atoms with Gasteiger partial charge >= 0.3 is 5.97 Å². The number of carbonyl (C=O) groups is 1. The van der Waals surface area contributed by atoms with E-state index >= 15 is 0 Å². The van der Waals surface area contributed by atoms with E-state index in [9.17, 15) is 26.7 Å². The van der Waals surface area contributed by atoms with Gasteiger partial charge in [-0.15, -0.1) is 6.58 Å². The van der Waals surface area contributed by atoms with Crippen molar-refractivity contribution in [2.24, 2.45) is 0 Å². The summed E-state index contributed by atoms with van der Waals surface area (Å²) in [5.41, 5.74) is -1.76. The molecule has 0 atom stereocenters. The third kappa shape index (κ3) is 18.6. The van der Waals surface area contributed by atoms with Gasteiger partial charge in [0.2, 0.25) is 5.82 Å². The van der Waals surface area contributed by atoms with Gasteiger partial charge in [0.05, 0.1) is 72.7 Å². The largest absolute Gasteiger partial charge is 0.379 e. The molecule has 1 aromatic rings. The predicted molar refractivity (Wildman–Crippen MR) is 150 cm³/mol. The van der Waals surface area contributed by atoms with Crippen LogP contribution in [0.4, 0.5) is 22.0 Å². The van der Waals surface area contributed by atoms with Crippen LogP contribution >= 0.6 is 0 Å². The Morgan fingerprint density at radius 1 is 0.477 bits per heavy atom. The van der Waals surface area contributed by atoms with Crippen molar-refractivity contribution in [1.82, 2.24) is 0 Å². The highest BCUT2D eigenvalue weighted by Gasteiger charge is 2.31. The van der Waals surface area contributed by atoms with Crippen molar-refractivity contribution in [3.8, 4) is 0 Å². The minimum absolute atomic E-state index is 0.101. The van der Waals surface area contributed by atoms with Gasteiger partial charge in [0.1, 0.15) is 12.2 Å². The first-order valence-corrected chi connectivity index (χ1v) is 14.8. The summed E-state index contributed by atoms with van der Waals surface area (Å²) in [4.78, 5) is 20.0. The van der Waals surface area contributed by atoms with Crippen molar-refractivity contribution >= 4 is 5.97 Å². The first kappa shape index (κ1) is 39.8. The Labute approximate surface area is 255 Å². The van der Waals surface area contributed by atoms with E-state index in [0.29, 0.717) is 52.9 Å². The molecule has 0 bridgehead atoms. The van der Waals surface area contributed by atoms with Crippen molar-refractivity contribution in [2.45, 2.75) is 51.4 Å². The lowest BCUT2D eigenvalue weighted by Gasteiger charge is -2.09. The van der Waals surface area contributed by atoms with Crippen LogP contribution in [0.5, 0.6) is 0 Å². The zero-order chi connectivity index (χ0) is 32.3. The number of hydrogen-bond acceptors (Lipinski definition) is 9. The Balaban J connectivity index is 1.79. The molecule has 0 fully saturated rings. The molecule has 0 aliphatic rings. The highest BCUT2D eigenvalue weighted by Crippen LogP contribution is 2.23. The van der Waals surface area contributed by atoms with Crippen LogP contribution in [0.15, 0.2) is 12.7 Å². The average molecular weight is 645 g/mol. The third-order valence-electron chi connectivity index (χ3n) is 5.92. The molecule has 0 aliphatic heterocycles. The van der Waals surface area contributed by atoms with E-state index in [0.717, 1.165) is 19.4 Å². The smallest absolute Gasteiger partial charge is 0.379 e. The van der Waals surface area contributed by atoms with Crippen LogP contribution in [0.3, 0.4) is 0 Å². The second-order valence-electron chi connectivity index (χ2n) is 9.36. The Morgan fingerprint density at radius 2 is 0.818 bits per heavy atom. The normalized spacial score (nSPS) is 11.3. The van der Waals surface area contributed by atoms with Crippen LogP contribution in [0, 0.1) is 29.1 Å². The molecule has 254 valence electrons. The van der Waals surface area contributed by atoms with Crippen molar-refractivity contribution < 1.29 is 64.9 Å². The summed E-state index contributed by atoms with van der Waals surface area (Å²) in [6, 6.07) is 0. The molecule has 0 aromatic heterocycles. The molecule has 0 saturated heterocycles. The van der Waals surface area contributed by atoms with E-state index < -0.39 is 40.6 Å². The summed E-state index contributed by atoms with van der Waals surface area (Å²) in [6.45, 7) is 7.97. The third-order valence-corrected chi connectivity index (χ3v) is 5.92. The highest BCUT2D eigenvalue weighted by molar-refractivity contribution is 5.89. The van der Waals surface area contributed by atoms with Crippen LogP contribution in [0.2, 0.25) is 0 Å². The fourth-order valence-electron chi connectivity index (χ4n) is 3.59. The summed E-state index contributed by atoms with van der Waals surface area (Å²) < 4.78 is 98.6. The first-order chi connectivity index (χ1) is 21.4. The van der Waals surface area contributed by atoms with Crippen molar-refractivity contribution in [2.75, 3.05) is 85.9 Å². The molecule has 1 aromatic carbocycles. The Morgan fingerprint density at radius 3 is 1.25 bits per heavy atom. The molecule has 0 N–H and O–H groups in total. The predicted octanol–water partition coefficient (Wildman–Crippen LogP) is 5.88. The molecule has 0 amide bonds. The molecule has 0 aliphatic carbocycles. The minimum Gasteiger partial charge on any atom is -0.379 e.